The standard InChI is InChI=1S/C15H23F3N2/c1-11(2)8-19-9-12(3)20-10-13-5-4-6-14(7-13)15(16,17)18/h4-7,11-12,19-20H,8-10H2,1-3H3. The molecule has 0 saturated heterocycles. The van der Waals surface area contributed by atoms with Crippen molar-refractivity contribution in [3.8, 4) is 0 Å². The first-order chi connectivity index (χ1) is 9.29. The molecule has 1 atom stereocenters. The van der Waals surface area contributed by atoms with Gasteiger partial charge < -0.3 is 10.6 Å². The van der Waals surface area contributed by atoms with Crippen LogP contribution in [0.25, 0.3) is 0 Å². The Balaban J connectivity index is 2.41. The van der Waals surface area contributed by atoms with E-state index in [1.807, 2.05) is 6.92 Å². The molecule has 2 nitrogen and oxygen atoms in total. The summed E-state index contributed by atoms with van der Waals surface area (Å²) in [6, 6.07) is 5.65. The topological polar surface area (TPSA) is 24.1 Å². The lowest BCUT2D eigenvalue weighted by Gasteiger charge is -2.16. The average Bonchev–Trinajstić information content (AvgIpc) is 2.35. The Hall–Kier alpha value is -1.07. The van der Waals surface area contributed by atoms with E-state index in [-0.39, 0.29) is 6.04 Å². The van der Waals surface area contributed by atoms with Gasteiger partial charge in [0.1, 0.15) is 0 Å². The van der Waals surface area contributed by atoms with E-state index in [1.165, 1.54) is 12.1 Å². The van der Waals surface area contributed by atoms with E-state index in [9.17, 15) is 13.2 Å². The smallest absolute Gasteiger partial charge is 0.315 e. The lowest BCUT2D eigenvalue weighted by atomic mass is 10.1. The van der Waals surface area contributed by atoms with E-state index in [4.69, 9.17) is 0 Å². The van der Waals surface area contributed by atoms with E-state index < -0.39 is 11.7 Å². The number of nitrogens with one attached hydrogen (secondary N) is 2. The minimum Gasteiger partial charge on any atom is -0.315 e. The third kappa shape index (κ3) is 6.39. The fourth-order valence-electron chi connectivity index (χ4n) is 1.81. The van der Waals surface area contributed by atoms with Gasteiger partial charge in [-0.3, -0.25) is 0 Å². The molecule has 0 aromatic heterocycles. The fourth-order valence-corrected chi connectivity index (χ4v) is 1.81. The second-order valence-corrected chi connectivity index (χ2v) is 5.53. The first kappa shape index (κ1) is 17.0. The number of rotatable bonds is 7. The zero-order valence-electron chi connectivity index (χ0n) is 12.2. The summed E-state index contributed by atoms with van der Waals surface area (Å²) in [5.41, 5.74) is 0.0536. The minimum atomic E-state index is -4.28. The van der Waals surface area contributed by atoms with Crippen LogP contribution in [0.5, 0.6) is 0 Å². The third-order valence-corrected chi connectivity index (χ3v) is 2.91. The molecular weight excluding hydrogens is 265 g/mol. The van der Waals surface area contributed by atoms with Crippen molar-refractivity contribution in [2.24, 2.45) is 5.92 Å². The molecule has 0 aliphatic rings. The normalized spacial score (nSPS) is 13.8. The second kappa shape index (κ2) is 7.64. The number of alkyl halides is 3. The first-order valence-corrected chi connectivity index (χ1v) is 6.89. The van der Waals surface area contributed by atoms with Crippen molar-refractivity contribution in [2.45, 2.75) is 39.5 Å². The summed E-state index contributed by atoms with van der Waals surface area (Å²) in [4.78, 5) is 0. The number of halogens is 3. The maximum Gasteiger partial charge on any atom is 0.416 e. The van der Waals surface area contributed by atoms with Crippen molar-refractivity contribution in [3.05, 3.63) is 35.4 Å². The molecule has 1 aromatic carbocycles. The van der Waals surface area contributed by atoms with Crippen molar-refractivity contribution in [1.82, 2.24) is 10.6 Å². The van der Waals surface area contributed by atoms with Crippen LogP contribution < -0.4 is 10.6 Å². The van der Waals surface area contributed by atoms with E-state index in [1.54, 1.807) is 6.07 Å². The molecule has 0 aliphatic heterocycles. The second-order valence-electron chi connectivity index (χ2n) is 5.53. The van der Waals surface area contributed by atoms with E-state index in [0.717, 1.165) is 19.2 Å². The molecule has 1 unspecified atom stereocenters. The summed E-state index contributed by atoms with van der Waals surface area (Å²) in [6.07, 6.45) is -4.28. The highest BCUT2D eigenvalue weighted by atomic mass is 19.4. The molecule has 0 fully saturated rings. The summed E-state index contributed by atoms with van der Waals surface area (Å²) in [6.45, 7) is 8.46. The molecule has 1 rings (SSSR count). The Morgan fingerprint density at radius 3 is 2.40 bits per heavy atom. The number of hydrogen-bond donors (Lipinski definition) is 2. The Bertz CT molecular complexity index is 402. The van der Waals surface area contributed by atoms with E-state index in [0.29, 0.717) is 18.0 Å². The van der Waals surface area contributed by atoms with Crippen LogP contribution >= 0.6 is 0 Å². The van der Waals surface area contributed by atoms with Crippen LogP contribution in [-0.4, -0.2) is 19.1 Å². The molecule has 0 bridgehead atoms. The molecule has 0 heterocycles. The molecule has 1 aromatic rings. The SMILES string of the molecule is CC(C)CNCC(C)NCc1cccc(C(F)(F)F)c1. The van der Waals surface area contributed by atoms with Crippen LogP contribution in [0.2, 0.25) is 0 Å². The Labute approximate surface area is 118 Å². The molecule has 0 amide bonds. The molecule has 0 aliphatic carbocycles. The predicted octanol–water partition coefficient (Wildman–Crippen LogP) is 3.43. The first-order valence-electron chi connectivity index (χ1n) is 6.89. The summed E-state index contributed by atoms with van der Waals surface area (Å²) >= 11 is 0. The molecule has 2 N–H and O–H groups in total. The van der Waals surface area contributed by atoms with Gasteiger partial charge in [0.2, 0.25) is 0 Å². The van der Waals surface area contributed by atoms with Gasteiger partial charge in [0.25, 0.3) is 0 Å². The van der Waals surface area contributed by atoms with Gasteiger partial charge in [-0.2, -0.15) is 13.2 Å². The van der Waals surface area contributed by atoms with Gasteiger partial charge in [-0.05, 0) is 31.0 Å². The van der Waals surface area contributed by atoms with Gasteiger partial charge in [-0.1, -0.05) is 32.0 Å². The van der Waals surface area contributed by atoms with Crippen molar-refractivity contribution < 1.29 is 13.2 Å². The molecule has 114 valence electrons. The van der Waals surface area contributed by atoms with Gasteiger partial charge in [-0.25, -0.2) is 0 Å². The van der Waals surface area contributed by atoms with E-state index in [2.05, 4.69) is 24.5 Å². The highest BCUT2D eigenvalue weighted by Crippen LogP contribution is 2.29. The van der Waals surface area contributed by atoms with Crippen molar-refractivity contribution in [1.29, 1.82) is 0 Å². The fraction of sp³-hybridized carbons (Fsp3) is 0.600. The predicted molar refractivity (Wildman–Crippen MR) is 75.5 cm³/mol. The van der Waals surface area contributed by atoms with Gasteiger partial charge in [0, 0.05) is 19.1 Å². The lowest BCUT2D eigenvalue weighted by molar-refractivity contribution is -0.137. The molecule has 0 saturated carbocycles. The largest absolute Gasteiger partial charge is 0.416 e. The Morgan fingerprint density at radius 2 is 1.80 bits per heavy atom. The highest BCUT2D eigenvalue weighted by molar-refractivity contribution is 5.25. The van der Waals surface area contributed by atoms with Gasteiger partial charge in [-0.15, -0.1) is 0 Å². The van der Waals surface area contributed by atoms with Crippen molar-refractivity contribution in [2.75, 3.05) is 13.1 Å². The Morgan fingerprint density at radius 1 is 1.10 bits per heavy atom. The van der Waals surface area contributed by atoms with Gasteiger partial charge >= 0.3 is 6.18 Å². The highest BCUT2D eigenvalue weighted by Gasteiger charge is 2.30. The summed E-state index contributed by atoms with van der Waals surface area (Å²) in [5, 5.41) is 6.54. The van der Waals surface area contributed by atoms with Crippen molar-refractivity contribution >= 4 is 0 Å². The Kier molecular flexibility index (Phi) is 6.49. The molecule has 20 heavy (non-hydrogen) atoms. The molecule has 0 radical (unpaired) electrons. The van der Waals surface area contributed by atoms with Crippen LogP contribution in [-0.2, 0) is 12.7 Å². The third-order valence-electron chi connectivity index (χ3n) is 2.91. The summed E-state index contributed by atoms with van der Waals surface area (Å²) < 4.78 is 37.7. The van der Waals surface area contributed by atoms with Gasteiger partial charge in [0.15, 0.2) is 0 Å². The minimum absolute atomic E-state index is 0.211. The molecule has 5 heteroatoms. The summed E-state index contributed by atoms with van der Waals surface area (Å²) in [5.74, 6) is 0.589. The molecule has 0 spiro atoms. The maximum absolute atomic E-state index is 12.6. The average molecular weight is 288 g/mol. The molecular formula is C15H23F3N2. The zero-order chi connectivity index (χ0) is 15.2. The van der Waals surface area contributed by atoms with Crippen LogP contribution in [0.4, 0.5) is 13.2 Å². The van der Waals surface area contributed by atoms with Crippen LogP contribution in [0.1, 0.15) is 31.9 Å². The number of benzene rings is 1. The van der Waals surface area contributed by atoms with Crippen LogP contribution in [0.3, 0.4) is 0 Å². The lowest BCUT2D eigenvalue weighted by Crippen LogP contribution is -2.37. The van der Waals surface area contributed by atoms with Crippen LogP contribution in [0, 0.1) is 5.92 Å². The van der Waals surface area contributed by atoms with Crippen molar-refractivity contribution in [3.63, 3.8) is 0 Å². The van der Waals surface area contributed by atoms with Crippen LogP contribution in [0.15, 0.2) is 24.3 Å². The monoisotopic (exact) mass is 288 g/mol. The van der Waals surface area contributed by atoms with E-state index >= 15 is 0 Å². The quantitative estimate of drug-likeness (QED) is 0.803. The van der Waals surface area contributed by atoms with Gasteiger partial charge in [0.05, 0.1) is 5.56 Å². The summed E-state index contributed by atoms with van der Waals surface area (Å²) in [7, 11) is 0. The number of hydrogen-bond acceptors (Lipinski definition) is 2. The zero-order valence-corrected chi connectivity index (χ0v) is 12.2. The maximum atomic E-state index is 12.6.